The first-order valence-corrected chi connectivity index (χ1v) is 11.4. The highest BCUT2D eigenvalue weighted by atomic mass is 127. The van der Waals surface area contributed by atoms with Gasteiger partial charge in [0.2, 0.25) is 0 Å². The van der Waals surface area contributed by atoms with Crippen molar-refractivity contribution in [1.29, 1.82) is 0 Å². The van der Waals surface area contributed by atoms with Crippen LogP contribution in [0.4, 0.5) is 0 Å². The van der Waals surface area contributed by atoms with Gasteiger partial charge < -0.3 is 4.57 Å². The molecule has 0 aliphatic rings. The third-order valence-corrected chi connectivity index (χ3v) is 6.29. The van der Waals surface area contributed by atoms with E-state index in [1.807, 2.05) is 36.7 Å². The van der Waals surface area contributed by atoms with Crippen molar-refractivity contribution in [1.82, 2.24) is 19.5 Å². The Labute approximate surface area is 198 Å². The smallest absolute Gasteiger partial charge is 0.0745 e. The van der Waals surface area contributed by atoms with Gasteiger partial charge in [0, 0.05) is 50.3 Å². The highest BCUT2D eigenvalue weighted by Gasteiger charge is 2.15. The van der Waals surface area contributed by atoms with E-state index in [9.17, 15) is 0 Å². The first-order valence-electron chi connectivity index (χ1n) is 10.3. The molecule has 2 aromatic carbocycles. The summed E-state index contributed by atoms with van der Waals surface area (Å²) in [7, 11) is 0. The molecule has 0 saturated heterocycles. The summed E-state index contributed by atoms with van der Waals surface area (Å²) in [5.74, 6) is 0. The van der Waals surface area contributed by atoms with Gasteiger partial charge in [0.25, 0.3) is 0 Å². The van der Waals surface area contributed by atoms with Crippen molar-refractivity contribution in [2.75, 3.05) is 0 Å². The van der Waals surface area contributed by atoms with E-state index in [1.165, 1.54) is 25.4 Å². The SMILES string of the molecule is Ic1ccc2c(c1)c1ccccc1n2-c1cc(-c2cccnc2)nc(-c2cccnc2)c1. The zero-order chi connectivity index (χ0) is 21.5. The Morgan fingerprint density at radius 2 is 1.28 bits per heavy atom. The predicted molar refractivity (Wildman–Crippen MR) is 138 cm³/mol. The van der Waals surface area contributed by atoms with E-state index in [4.69, 9.17) is 4.98 Å². The van der Waals surface area contributed by atoms with Crippen LogP contribution in [0.1, 0.15) is 0 Å². The van der Waals surface area contributed by atoms with Gasteiger partial charge in [-0.1, -0.05) is 18.2 Å². The highest BCUT2D eigenvalue weighted by molar-refractivity contribution is 14.1. The Morgan fingerprint density at radius 3 is 1.94 bits per heavy atom. The van der Waals surface area contributed by atoms with E-state index in [0.717, 1.165) is 28.2 Å². The molecule has 32 heavy (non-hydrogen) atoms. The zero-order valence-electron chi connectivity index (χ0n) is 17.0. The minimum atomic E-state index is 0.880. The average Bonchev–Trinajstić information content (AvgIpc) is 3.18. The fourth-order valence-corrected chi connectivity index (χ4v) is 4.68. The van der Waals surface area contributed by atoms with Gasteiger partial charge in [0.05, 0.1) is 28.1 Å². The molecule has 0 bridgehead atoms. The summed E-state index contributed by atoms with van der Waals surface area (Å²) in [6.07, 6.45) is 7.27. The predicted octanol–water partition coefficient (Wildman–Crippen LogP) is 6.91. The van der Waals surface area contributed by atoms with Crippen LogP contribution < -0.4 is 0 Å². The summed E-state index contributed by atoms with van der Waals surface area (Å²) < 4.78 is 3.54. The van der Waals surface area contributed by atoms with Gasteiger partial charge in [-0.2, -0.15) is 0 Å². The fraction of sp³-hybridized carbons (Fsp3) is 0. The Balaban J connectivity index is 1.70. The van der Waals surface area contributed by atoms with Gasteiger partial charge in [-0.05, 0) is 83.3 Å². The number of rotatable bonds is 3. The summed E-state index contributed by atoms with van der Waals surface area (Å²) in [4.78, 5) is 13.6. The average molecular weight is 524 g/mol. The van der Waals surface area contributed by atoms with Crippen molar-refractivity contribution in [2.45, 2.75) is 0 Å². The number of para-hydroxylation sites is 1. The van der Waals surface area contributed by atoms with Crippen LogP contribution in [0.3, 0.4) is 0 Å². The number of hydrogen-bond acceptors (Lipinski definition) is 3. The quantitative estimate of drug-likeness (QED) is 0.237. The summed E-state index contributed by atoms with van der Waals surface area (Å²) in [6, 6.07) is 27.4. The molecule has 0 saturated carbocycles. The number of nitrogens with zero attached hydrogens (tertiary/aromatic N) is 4. The lowest BCUT2D eigenvalue weighted by atomic mass is 10.1. The van der Waals surface area contributed by atoms with Crippen molar-refractivity contribution in [2.24, 2.45) is 0 Å². The molecule has 0 spiro atoms. The molecular formula is C27H17IN4. The maximum absolute atomic E-state index is 4.96. The van der Waals surface area contributed by atoms with Crippen LogP contribution in [0.2, 0.25) is 0 Å². The normalized spacial score (nSPS) is 11.3. The molecule has 0 radical (unpaired) electrons. The number of aromatic nitrogens is 4. The van der Waals surface area contributed by atoms with E-state index in [2.05, 4.69) is 91.7 Å². The van der Waals surface area contributed by atoms with E-state index in [0.29, 0.717) is 0 Å². The van der Waals surface area contributed by atoms with Crippen molar-refractivity contribution in [3.8, 4) is 28.2 Å². The molecule has 4 aromatic heterocycles. The van der Waals surface area contributed by atoms with Gasteiger partial charge >= 0.3 is 0 Å². The topological polar surface area (TPSA) is 43.6 Å². The number of benzene rings is 2. The largest absolute Gasteiger partial charge is 0.309 e. The van der Waals surface area contributed by atoms with Crippen LogP contribution in [0.15, 0.2) is 104 Å². The Morgan fingerprint density at radius 1 is 0.625 bits per heavy atom. The lowest BCUT2D eigenvalue weighted by Crippen LogP contribution is -1.98. The molecule has 0 atom stereocenters. The van der Waals surface area contributed by atoms with Gasteiger partial charge in [0.15, 0.2) is 0 Å². The summed E-state index contributed by atoms with van der Waals surface area (Å²) in [6.45, 7) is 0. The van der Waals surface area contributed by atoms with Crippen LogP contribution >= 0.6 is 22.6 Å². The summed E-state index contributed by atoms with van der Waals surface area (Å²) in [5, 5.41) is 2.49. The van der Waals surface area contributed by atoms with Crippen molar-refractivity contribution in [3.05, 3.63) is 107 Å². The zero-order valence-corrected chi connectivity index (χ0v) is 19.1. The number of halogens is 1. The molecule has 0 fully saturated rings. The maximum atomic E-state index is 4.96. The molecule has 0 N–H and O–H groups in total. The standard InChI is InChI=1S/C27H17IN4/c28-20-9-10-27-23(13-20)22-7-1-2-8-26(22)32(27)21-14-24(18-5-3-11-29-16-18)31-25(15-21)19-6-4-12-30-17-19/h1-17H. The van der Waals surface area contributed by atoms with Gasteiger partial charge in [-0.15, -0.1) is 0 Å². The minimum absolute atomic E-state index is 0.880. The third-order valence-electron chi connectivity index (χ3n) is 5.62. The van der Waals surface area contributed by atoms with Crippen molar-refractivity contribution in [3.63, 3.8) is 0 Å². The Hall–Kier alpha value is -3.58. The van der Waals surface area contributed by atoms with Crippen LogP contribution in [-0.2, 0) is 0 Å². The second-order valence-corrected chi connectivity index (χ2v) is 8.84. The molecular weight excluding hydrogens is 507 g/mol. The molecule has 152 valence electrons. The lowest BCUT2D eigenvalue weighted by Gasteiger charge is -2.13. The monoisotopic (exact) mass is 524 g/mol. The molecule has 4 heterocycles. The molecule has 0 amide bonds. The van der Waals surface area contributed by atoms with Crippen LogP contribution in [0.25, 0.3) is 50.0 Å². The Kier molecular flexibility index (Phi) is 4.69. The second-order valence-electron chi connectivity index (χ2n) is 7.59. The number of hydrogen-bond donors (Lipinski definition) is 0. The summed E-state index contributed by atoms with van der Waals surface area (Å²) in [5.41, 5.74) is 7.13. The minimum Gasteiger partial charge on any atom is -0.309 e. The van der Waals surface area contributed by atoms with E-state index in [1.54, 1.807) is 12.4 Å². The molecule has 0 aliphatic carbocycles. The molecule has 6 rings (SSSR count). The second kappa shape index (κ2) is 7.84. The van der Waals surface area contributed by atoms with Crippen molar-refractivity contribution >= 4 is 44.4 Å². The maximum Gasteiger partial charge on any atom is 0.0745 e. The molecule has 6 aromatic rings. The fourth-order valence-electron chi connectivity index (χ4n) is 4.19. The molecule has 4 nitrogen and oxygen atoms in total. The van der Waals surface area contributed by atoms with Gasteiger partial charge in [-0.25, -0.2) is 4.98 Å². The van der Waals surface area contributed by atoms with Crippen LogP contribution in [0, 0.1) is 3.57 Å². The van der Waals surface area contributed by atoms with E-state index in [-0.39, 0.29) is 0 Å². The first-order chi connectivity index (χ1) is 15.8. The lowest BCUT2D eigenvalue weighted by molar-refractivity contribution is 1.15. The molecule has 0 aliphatic heterocycles. The molecule has 0 unspecified atom stereocenters. The molecule has 5 heteroatoms. The van der Waals surface area contributed by atoms with Crippen molar-refractivity contribution < 1.29 is 0 Å². The van der Waals surface area contributed by atoms with Crippen LogP contribution in [0.5, 0.6) is 0 Å². The van der Waals surface area contributed by atoms with E-state index < -0.39 is 0 Å². The first kappa shape index (κ1) is 19.1. The number of fused-ring (bicyclic) bond motifs is 3. The van der Waals surface area contributed by atoms with Gasteiger partial charge in [-0.3, -0.25) is 9.97 Å². The number of pyridine rings is 3. The highest BCUT2D eigenvalue weighted by Crippen LogP contribution is 2.35. The van der Waals surface area contributed by atoms with Crippen LogP contribution in [-0.4, -0.2) is 19.5 Å². The third kappa shape index (κ3) is 3.26. The van der Waals surface area contributed by atoms with Gasteiger partial charge in [0.1, 0.15) is 0 Å². The summed E-state index contributed by atoms with van der Waals surface area (Å²) >= 11 is 2.38. The Bertz CT molecular complexity index is 1520. The van der Waals surface area contributed by atoms with E-state index >= 15 is 0 Å².